The van der Waals surface area contributed by atoms with Crippen molar-refractivity contribution in [3.63, 3.8) is 0 Å². The number of amides is 2. The molecule has 106 valence electrons. The topological polar surface area (TPSA) is 62.3 Å². The van der Waals surface area contributed by atoms with E-state index in [2.05, 4.69) is 24.1 Å². The highest BCUT2D eigenvalue weighted by molar-refractivity contribution is 7.13. The molecule has 0 aromatic carbocycles. The molecule has 0 unspecified atom stereocenters. The van der Waals surface area contributed by atoms with Crippen molar-refractivity contribution in [1.82, 2.24) is 9.88 Å². The molecule has 2 amide bonds. The van der Waals surface area contributed by atoms with E-state index in [1.54, 1.807) is 16.5 Å². The Labute approximate surface area is 118 Å². The zero-order valence-electron chi connectivity index (χ0n) is 11.5. The molecule has 1 N–H and O–H groups in total. The van der Waals surface area contributed by atoms with Gasteiger partial charge in [0.1, 0.15) is 0 Å². The quantitative estimate of drug-likeness (QED) is 0.782. The third-order valence-electron chi connectivity index (χ3n) is 2.70. The summed E-state index contributed by atoms with van der Waals surface area (Å²) in [5.74, 6) is -1.06. The first kappa shape index (κ1) is 15.6. The van der Waals surface area contributed by atoms with Crippen molar-refractivity contribution in [1.29, 1.82) is 0 Å². The number of anilines is 1. The highest BCUT2D eigenvalue weighted by Gasteiger charge is 2.21. The summed E-state index contributed by atoms with van der Waals surface area (Å²) in [6.07, 6.45) is 5.44. The third kappa shape index (κ3) is 5.38. The van der Waals surface area contributed by atoms with E-state index in [0.29, 0.717) is 18.2 Å². The van der Waals surface area contributed by atoms with Gasteiger partial charge < -0.3 is 4.90 Å². The summed E-state index contributed by atoms with van der Waals surface area (Å²) < 4.78 is 0. The Hall–Kier alpha value is -1.43. The summed E-state index contributed by atoms with van der Waals surface area (Å²) in [4.78, 5) is 29.5. The van der Waals surface area contributed by atoms with Gasteiger partial charge in [-0.1, -0.05) is 26.7 Å². The van der Waals surface area contributed by atoms with Crippen molar-refractivity contribution in [2.24, 2.45) is 0 Å². The standard InChI is InChI=1S/C13H21N3O2S/c1-3-5-8-16(9-6-4-2)12(18)11(17)15-13-14-7-10-19-13/h7,10H,3-6,8-9H2,1-2H3,(H,14,15,17). The fraction of sp³-hybridized carbons (Fsp3) is 0.615. The van der Waals surface area contributed by atoms with Crippen LogP contribution in [0.3, 0.4) is 0 Å². The first-order valence-electron chi connectivity index (χ1n) is 6.68. The van der Waals surface area contributed by atoms with Gasteiger partial charge in [0.05, 0.1) is 0 Å². The number of carbonyl (C=O) groups is 2. The Morgan fingerprint density at radius 3 is 2.37 bits per heavy atom. The van der Waals surface area contributed by atoms with Crippen LogP contribution in [0.15, 0.2) is 11.6 Å². The summed E-state index contributed by atoms with van der Waals surface area (Å²) in [6, 6.07) is 0. The van der Waals surface area contributed by atoms with Gasteiger partial charge in [0.25, 0.3) is 0 Å². The molecule has 1 aromatic rings. The van der Waals surface area contributed by atoms with Crippen LogP contribution in [0.1, 0.15) is 39.5 Å². The molecule has 1 aromatic heterocycles. The summed E-state index contributed by atoms with van der Waals surface area (Å²) in [7, 11) is 0. The number of rotatable bonds is 7. The van der Waals surface area contributed by atoms with Crippen LogP contribution in [-0.4, -0.2) is 34.8 Å². The number of unbranched alkanes of at least 4 members (excludes halogenated alkanes) is 2. The minimum atomic E-state index is -0.595. The van der Waals surface area contributed by atoms with Crippen molar-refractivity contribution in [2.45, 2.75) is 39.5 Å². The molecule has 0 radical (unpaired) electrons. The minimum Gasteiger partial charge on any atom is -0.334 e. The van der Waals surface area contributed by atoms with Gasteiger partial charge in [-0.25, -0.2) is 4.98 Å². The zero-order valence-corrected chi connectivity index (χ0v) is 12.3. The summed E-state index contributed by atoms with van der Waals surface area (Å²) in [6.45, 7) is 5.41. The first-order chi connectivity index (χ1) is 9.19. The Morgan fingerprint density at radius 2 is 1.89 bits per heavy atom. The maximum atomic E-state index is 12.1. The Bertz CT molecular complexity index is 385. The van der Waals surface area contributed by atoms with Crippen LogP contribution in [-0.2, 0) is 9.59 Å². The highest BCUT2D eigenvalue weighted by Crippen LogP contribution is 2.10. The first-order valence-corrected chi connectivity index (χ1v) is 7.56. The number of thiazole rings is 1. The van der Waals surface area contributed by atoms with Crippen molar-refractivity contribution in [2.75, 3.05) is 18.4 Å². The Balaban J connectivity index is 2.55. The lowest BCUT2D eigenvalue weighted by molar-refractivity contribution is -0.143. The molecule has 0 atom stereocenters. The number of hydrogen-bond donors (Lipinski definition) is 1. The molecule has 0 bridgehead atoms. The number of carbonyl (C=O) groups excluding carboxylic acids is 2. The van der Waals surface area contributed by atoms with Gasteiger partial charge in [-0.2, -0.15) is 0 Å². The van der Waals surface area contributed by atoms with Gasteiger partial charge in [-0.15, -0.1) is 11.3 Å². The molecule has 0 saturated heterocycles. The molecule has 0 aliphatic rings. The van der Waals surface area contributed by atoms with E-state index in [0.717, 1.165) is 25.7 Å². The SMILES string of the molecule is CCCCN(CCCC)C(=O)C(=O)Nc1nccs1. The van der Waals surface area contributed by atoms with Gasteiger partial charge >= 0.3 is 11.8 Å². The van der Waals surface area contributed by atoms with Crippen LogP contribution in [0.4, 0.5) is 5.13 Å². The molecule has 1 heterocycles. The normalized spacial score (nSPS) is 10.2. The van der Waals surface area contributed by atoms with E-state index < -0.39 is 11.8 Å². The Kier molecular flexibility index (Phi) is 7.10. The van der Waals surface area contributed by atoms with E-state index in [1.165, 1.54) is 11.3 Å². The summed E-state index contributed by atoms with van der Waals surface area (Å²) in [5.41, 5.74) is 0. The van der Waals surface area contributed by atoms with E-state index >= 15 is 0 Å². The smallest absolute Gasteiger partial charge is 0.315 e. The number of hydrogen-bond acceptors (Lipinski definition) is 4. The molecule has 0 fully saturated rings. The molecular weight excluding hydrogens is 262 g/mol. The van der Waals surface area contributed by atoms with E-state index in [9.17, 15) is 9.59 Å². The van der Waals surface area contributed by atoms with Gasteiger partial charge in [-0.3, -0.25) is 14.9 Å². The van der Waals surface area contributed by atoms with Crippen molar-refractivity contribution in [3.05, 3.63) is 11.6 Å². The van der Waals surface area contributed by atoms with Crippen molar-refractivity contribution >= 4 is 28.3 Å². The molecule has 0 spiro atoms. The molecular formula is C13H21N3O2S. The number of aromatic nitrogens is 1. The van der Waals surface area contributed by atoms with Crippen LogP contribution in [0.5, 0.6) is 0 Å². The fourth-order valence-corrected chi connectivity index (χ4v) is 2.12. The van der Waals surface area contributed by atoms with Gasteiger partial charge in [-0.05, 0) is 12.8 Å². The van der Waals surface area contributed by atoms with E-state index in [4.69, 9.17) is 0 Å². The number of nitrogens with zero attached hydrogens (tertiary/aromatic N) is 2. The minimum absolute atomic E-state index is 0.461. The Morgan fingerprint density at radius 1 is 1.26 bits per heavy atom. The van der Waals surface area contributed by atoms with Gasteiger partial charge in [0.2, 0.25) is 0 Å². The zero-order chi connectivity index (χ0) is 14.1. The van der Waals surface area contributed by atoms with Gasteiger partial charge in [0, 0.05) is 24.7 Å². The third-order valence-corrected chi connectivity index (χ3v) is 3.39. The second-order valence-electron chi connectivity index (χ2n) is 4.29. The number of nitrogens with one attached hydrogen (secondary N) is 1. The molecule has 5 nitrogen and oxygen atoms in total. The highest BCUT2D eigenvalue weighted by atomic mass is 32.1. The van der Waals surface area contributed by atoms with Crippen molar-refractivity contribution < 1.29 is 9.59 Å². The molecule has 0 aliphatic carbocycles. The van der Waals surface area contributed by atoms with Crippen LogP contribution >= 0.6 is 11.3 Å². The largest absolute Gasteiger partial charge is 0.334 e. The lowest BCUT2D eigenvalue weighted by atomic mass is 10.2. The van der Waals surface area contributed by atoms with Crippen LogP contribution in [0.25, 0.3) is 0 Å². The molecule has 1 rings (SSSR count). The van der Waals surface area contributed by atoms with E-state index in [1.807, 2.05) is 0 Å². The van der Waals surface area contributed by atoms with E-state index in [-0.39, 0.29) is 0 Å². The monoisotopic (exact) mass is 283 g/mol. The average molecular weight is 283 g/mol. The molecule has 19 heavy (non-hydrogen) atoms. The molecule has 6 heteroatoms. The average Bonchev–Trinajstić information content (AvgIpc) is 2.91. The lowest BCUT2D eigenvalue weighted by Gasteiger charge is -2.21. The predicted octanol–water partition coefficient (Wildman–Crippen LogP) is 2.51. The summed E-state index contributed by atoms with van der Waals surface area (Å²) in [5, 5.41) is 4.75. The van der Waals surface area contributed by atoms with Crippen LogP contribution in [0, 0.1) is 0 Å². The van der Waals surface area contributed by atoms with Crippen molar-refractivity contribution in [3.8, 4) is 0 Å². The maximum Gasteiger partial charge on any atom is 0.315 e. The lowest BCUT2D eigenvalue weighted by Crippen LogP contribution is -2.40. The second-order valence-corrected chi connectivity index (χ2v) is 5.19. The molecule has 0 aliphatic heterocycles. The van der Waals surface area contributed by atoms with Crippen LogP contribution < -0.4 is 5.32 Å². The fourth-order valence-electron chi connectivity index (χ4n) is 1.59. The predicted molar refractivity (Wildman–Crippen MR) is 77.1 cm³/mol. The molecule has 0 saturated carbocycles. The van der Waals surface area contributed by atoms with Gasteiger partial charge in [0.15, 0.2) is 5.13 Å². The maximum absolute atomic E-state index is 12.1. The second kappa shape index (κ2) is 8.63. The summed E-state index contributed by atoms with van der Waals surface area (Å²) >= 11 is 1.30. The van der Waals surface area contributed by atoms with Crippen LogP contribution in [0.2, 0.25) is 0 Å².